The Balaban J connectivity index is 1.70. The normalized spacial score (nSPS) is 22.7. The van der Waals surface area contributed by atoms with Gasteiger partial charge in [-0.05, 0) is 43.9 Å². The molecule has 3 atom stereocenters. The van der Waals surface area contributed by atoms with E-state index in [4.69, 9.17) is 0 Å². The Kier molecular flexibility index (Phi) is 4.04. The number of hydrogen-bond donors (Lipinski definition) is 1. The van der Waals surface area contributed by atoms with Crippen LogP contribution in [0, 0.1) is 12.8 Å². The number of aliphatic hydroxyl groups is 1. The first-order valence-electron chi connectivity index (χ1n) is 9.70. The second-order valence-corrected chi connectivity index (χ2v) is 9.80. The number of aliphatic hydroxyl groups excluding tert-OH is 1. The lowest BCUT2D eigenvalue weighted by Gasteiger charge is -2.15. The van der Waals surface area contributed by atoms with E-state index < -0.39 is 10.0 Å². The van der Waals surface area contributed by atoms with Crippen molar-refractivity contribution in [3.63, 3.8) is 0 Å². The Hall–Kier alpha value is -2.71. The van der Waals surface area contributed by atoms with Gasteiger partial charge in [-0.2, -0.15) is 0 Å². The van der Waals surface area contributed by atoms with Crippen LogP contribution in [0.3, 0.4) is 0 Å². The predicted molar refractivity (Wildman–Crippen MR) is 109 cm³/mol. The minimum atomic E-state index is -3.76. The molecular weight excluding hydrogens is 388 g/mol. The minimum Gasteiger partial charge on any atom is -0.393 e. The summed E-state index contributed by atoms with van der Waals surface area (Å²) in [5.41, 5.74) is 3.72. The summed E-state index contributed by atoms with van der Waals surface area (Å²) in [5.74, 6) is 0.495. The topological polar surface area (TPSA) is 89.5 Å². The fourth-order valence-corrected chi connectivity index (χ4v) is 5.75. The molecule has 1 N–H and O–H groups in total. The zero-order valence-corrected chi connectivity index (χ0v) is 17.0. The van der Waals surface area contributed by atoms with Gasteiger partial charge in [-0.15, -0.1) is 0 Å². The first-order chi connectivity index (χ1) is 13.9. The average molecular weight is 410 g/mol. The first kappa shape index (κ1) is 18.3. The molecule has 0 amide bonds. The Morgan fingerprint density at radius 3 is 2.52 bits per heavy atom. The van der Waals surface area contributed by atoms with Crippen LogP contribution in [0.5, 0.6) is 0 Å². The maximum Gasteiger partial charge on any atom is 0.269 e. The van der Waals surface area contributed by atoms with Gasteiger partial charge in [0.25, 0.3) is 10.0 Å². The van der Waals surface area contributed by atoms with Crippen molar-refractivity contribution in [1.82, 2.24) is 18.3 Å². The summed E-state index contributed by atoms with van der Waals surface area (Å²) in [6.07, 6.45) is 6.09. The highest BCUT2D eigenvalue weighted by Gasteiger charge is 2.33. The molecule has 8 heteroatoms. The highest BCUT2D eigenvalue weighted by molar-refractivity contribution is 7.90. The van der Waals surface area contributed by atoms with Crippen LogP contribution in [-0.2, 0) is 10.0 Å². The summed E-state index contributed by atoms with van der Waals surface area (Å²) in [7, 11) is -3.76. The van der Waals surface area contributed by atoms with Crippen molar-refractivity contribution in [1.29, 1.82) is 0 Å². The average Bonchev–Trinajstić information content (AvgIpc) is 3.37. The first-order valence-corrected chi connectivity index (χ1v) is 11.1. The van der Waals surface area contributed by atoms with E-state index >= 15 is 0 Å². The Bertz CT molecular complexity index is 1320. The van der Waals surface area contributed by atoms with Gasteiger partial charge in [0.1, 0.15) is 0 Å². The van der Waals surface area contributed by atoms with E-state index in [2.05, 4.69) is 16.9 Å². The number of aromatic nitrogens is 4. The number of hydrogen-bond acceptors (Lipinski definition) is 5. The maximum absolute atomic E-state index is 13.2. The number of aryl methyl sites for hydroxylation is 1. The molecule has 1 saturated carbocycles. The molecule has 0 spiro atoms. The number of imidazole rings is 1. The van der Waals surface area contributed by atoms with Crippen LogP contribution >= 0.6 is 0 Å². The maximum atomic E-state index is 13.2. The van der Waals surface area contributed by atoms with Crippen molar-refractivity contribution in [2.75, 3.05) is 0 Å². The fraction of sp³-hybridized carbons (Fsp3) is 0.333. The van der Waals surface area contributed by atoms with Gasteiger partial charge >= 0.3 is 0 Å². The molecule has 29 heavy (non-hydrogen) atoms. The lowest BCUT2D eigenvalue weighted by molar-refractivity contribution is 0.178. The molecule has 0 radical (unpaired) electrons. The van der Waals surface area contributed by atoms with Crippen molar-refractivity contribution < 1.29 is 13.5 Å². The largest absolute Gasteiger partial charge is 0.393 e. The molecule has 3 heterocycles. The van der Waals surface area contributed by atoms with Crippen LogP contribution in [0.1, 0.15) is 36.9 Å². The van der Waals surface area contributed by atoms with E-state index in [0.29, 0.717) is 29.1 Å². The molecule has 1 aliphatic carbocycles. The summed E-state index contributed by atoms with van der Waals surface area (Å²) >= 11 is 0. The lowest BCUT2D eigenvalue weighted by atomic mass is 9.95. The fourth-order valence-electron chi connectivity index (χ4n) is 4.45. The Morgan fingerprint density at radius 2 is 1.83 bits per heavy atom. The number of fused-ring (bicyclic) bond motifs is 3. The van der Waals surface area contributed by atoms with Crippen molar-refractivity contribution in [3.8, 4) is 0 Å². The van der Waals surface area contributed by atoms with E-state index in [9.17, 15) is 13.5 Å². The van der Waals surface area contributed by atoms with Gasteiger partial charge in [0.05, 0.1) is 22.7 Å². The molecule has 5 rings (SSSR count). The summed E-state index contributed by atoms with van der Waals surface area (Å²) < 4.78 is 29.6. The molecule has 150 valence electrons. The number of benzene rings is 1. The molecule has 0 saturated heterocycles. The van der Waals surface area contributed by atoms with Gasteiger partial charge in [0.15, 0.2) is 11.3 Å². The molecule has 7 nitrogen and oxygen atoms in total. The lowest BCUT2D eigenvalue weighted by Crippen LogP contribution is -2.13. The van der Waals surface area contributed by atoms with Crippen molar-refractivity contribution >= 4 is 26.8 Å². The number of rotatable bonds is 3. The van der Waals surface area contributed by atoms with Crippen LogP contribution in [0.2, 0.25) is 0 Å². The molecule has 0 bridgehead atoms. The van der Waals surface area contributed by atoms with Crippen LogP contribution in [0.25, 0.3) is 16.8 Å². The van der Waals surface area contributed by atoms with Crippen LogP contribution < -0.4 is 0 Å². The van der Waals surface area contributed by atoms with E-state index in [-0.39, 0.29) is 16.9 Å². The third-order valence-electron chi connectivity index (χ3n) is 5.98. The molecule has 1 aromatic carbocycles. The summed E-state index contributed by atoms with van der Waals surface area (Å²) in [4.78, 5) is 9.10. The monoisotopic (exact) mass is 410 g/mol. The Labute approximate surface area is 168 Å². The molecule has 3 unspecified atom stereocenters. The van der Waals surface area contributed by atoms with Gasteiger partial charge in [0.2, 0.25) is 0 Å². The molecule has 1 fully saturated rings. The van der Waals surface area contributed by atoms with Gasteiger partial charge < -0.3 is 5.11 Å². The summed E-state index contributed by atoms with van der Waals surface area (Å²) in [6, 6.07) is 8.55. The summed E-state index contributed by atoms with van der Waals surface area (Å²) in [6.45, 7) is 4.05. The van der Waals surface area contributed by atoms with E-state index in [0.717, 1.165) is 17.7 Å². The quantitative estimate of drug-likeness (QED) is 0.561. The van der Waals surface area contributed by atoms with Gasteiger partial charge in [-0.25, -0.2) is 22.4 Å². The molecule has 3 aromatic heterocycles. The van der Waals surface area contributed by atoms with Gasteiger partial charge in [-0.3, -0.25) is 4.40 Å². The van der Waals surface area contributed by atoms with Crippen molar-refractivity contribution in [2.24, 2.45) is 5.92 Å². The second-order valence-electron chi connectivity index (χ2n) is 7.98. The van der Waals surface area contributed by atoms with Gasteiger partial charge in [0, 0.05) is 24.0 Å². The highest BCUT2D eigenvalue weighted by atomic mass is 32.2. The summed E-state index contributed by atoms with van der Waals surface area (Å²) in [5, 5.41) is 10.1. The van der Waals surface area contributed by atoms with E-state index in [1.807, 2.05) is 17.5 Å². The van der Waals surface area contributed by atoms with Crippen molar-refractivity contribution in [3.05, 3.63) is 60.2 Å². The second kappa shape index (κ2) is 6.40. The third-order valence-corrected chi connectivity index (χ3v) is 7.66. The number of nitrogens with zero attached hydrogens (tertiary/aromatic N) is 4. The Morgan fingerprint density at radius 1 is 1.07 bits per heavy atom. The third kappa shape index (κ3) is 2.78. The zero-order chi connectivity index (χ0) is 20.3. The SMILES string of the molecule is Cc1ccc(S(=O)(=O)n2ccc3c2ncc2ncc(C4CC(O)CC4C)n23)cc1. The molecular formula is C21H22N4O3S. The van der Waals surface area contributed by atoms with E-state index in [1.165, 1.54) is 3.97 Å². The molecule has 4 aromatic rings. The molecule has 0 aliphatic heterocycles. The minimum absolute atomic E-state index is 0.169. The molecule has 1 aliphatic rings. The smallest absolute Gasteiger partial charge is 0.269 e. The van der Waals surface area contributed by atoms with Gasteiger partial charge in [-0.1, -0.05) is 24.6 Å². The van der Waals surface area contributed by atoms with Crippen molar-refractivity contribution in [2.45, 2.75) is 43.6 Å². The standard InChI is InChI=1S/C21H22N4O3S/c1-13-3-5-16(6-4-13)29(27,28)24-8-7-18-21(24)23-12-20-22-11-19(25(18)20)17-10-15(26)9-14(17)2/h3-8,11-12,14-15,17,26H,9-10H2,1-2H3. The van der Waals surface area contributed by atoms with Crippen LogP contribution in [-0.4, -0.2) is 38.0 Å². The predicted octanol–water partition coefficient (Wildman–Crippen LogP) is 3.10. The highest BCUT2D eigenvalue weighted by Crippen LogP contribution is 2.40. The van der Waals surface area contributed by atoms with E-state index in [1.54, 1.807) is 42.7 Å². The van der Waals surface area contributed by atoms with Crippen LogP contribution in [0.15, 0.2) is 53.8 Å². The zero-order valence-electron chi connectivity index (χ0n) is 16.2. The van der Waals surface area contributed by atoms with Crippen LogP contribution in [0.4, 0.5) is 0 Å².